The van der Waals surface area contributed by atoms with E-state index in [2.05, 4.69) is 25.9 Å². The van der Waals surface area contributed by atoms with E-state index in [0.29, 0.717) is 30.9 Å². The summed E-state index contributed by atoms with van der Waals surface area (Å²) in [4.78, 5) is 14.3. The lowest BCUT2D eigenvalue weighted by Crippen LogP contribution is -2.62. The number of rotatable bonds is 4. The standard InChI is InChI=1S/C27H31F6N7/c1-34-27(17-6-3-2-4-7-17)38-21-12-15-40(24-20(25(28,29)30)8-5-13-35-24)14-11-19(21)23(39-27)37-18-9-10-22(36-16-18)26(31,32)33/h5,8-10,13,16-17,34,38H,2-4,6-7,11-12,14-15H2,1H3,(H,37,39). The highest BCUT2D eigenvalue weighted by Crippen LogP contribution is 2.39. The van der Waals surface area contributed by atoms with Crippen molar-refractivity contribution in [1.29, 1.82) is 0 Å². The maximum Gasteiger partial charge on any atom is 0.433 e. The van der Waals surface area contributed by atoms with Gasteiger partial charge in [0.15, 0.2) is 5.79 Å². The Hall–Kier alpha value is -3.35. The van der Waals surface area contributed by atoms with Crippen molar-refractivity contribution in [3.8, 4) is 0 Å². The minimum Gasteiger partial charge on any atom is -0.355 e. The largest absolute Gasteiger partial charge is 0.433 e. The topological polar surface area (TPSA) is 77.5 Å². The SMILES string of the molecule is CNC1(C2CCCCC2)N=C(Nc2ccc(C(F)(F)F)nc2)C2=C(CCN(c3ncccc3C(F)(F)F)CC2)N1. The van der Waals surface area contributed by atoms with Crippen molar-refractivity contribution in [2.75, 3.05) is 30.4 Å². The van der Waals surface area contributed by atoms with Crippen LogP contribution in [0.4, 0.5) is 37.8 Å². The van der Waals surface area contributed by atoms with Crippen molar-refractivity contribution in [1.82, 2.24) is 20.6 Å². The van der Waals surface area contributed by atoms with Crippen LogP contribution in [0.2, 0.25) is 0 Å². The van der Waals surface area contributed by atoms with Gasteiger partial charge in [-0.3, -0.25) is 5.32 Å². The Morgan fingerprint density at radius 1 is 0.950 bits per heavy atom. The molecule has 0 amide bonds. The van der Waals surface area contributed by atoms with Gasteiger partial charge in [-0.15, -0.1) is 0 Å². The molecule has 3 aliphatic rings. The Balaban J connectivity index is 1.48. The van der Waals surface area contributed by atoms with Crippen LogP contribution < -0.4 is 20.9 Å². The first-order chi connectivity index (χ1) is 19.0. The molecule has 1 fully saturated rings. The van der Waals surface area contributed by atoms with Crippen LogP contribution in [-0.2, 0) is 12.4 Å². The third-order valence-corrected chi connectivity index (χ3v) is 7.83. The van der Waals surface area contributed by atoms with E-state index in [-0.39, 0.29) is 18.3 Å². The van der Waals surface area contributed by atoms with E-state index in [1.54, 1.807) is 11.9 Å². The van der Waals surface area contributed by atoms with Gasteiger partial charge in [0.25, 0.3) is 0 Å². The number of nitrogens with one attached hydrogen (secondary N) is 3. The quantitative estimate of drug-likeness (QED) is 0.398. The maximum absolute atomic E-state index is 13.8. The monoisotopic (exact) mass is 567 g/mol. The molecular formula is C27H31F6N7. The van der Waals surface area contributed by atoms with E-state index >= 15 is 0 Å². The molecule has 0 saturated heterocycles. The van der Waals surface area contributed by atoms with Crippen LogP contribution in [0.3, 0.4) is 0 Å². The van der Waals surface area contributed by atoms with Crippen LogP contribution in [0.15, 0.2) is 52.9 Å². The van der Waals surface area contributed by atoms with E-state index in [1.807, 2.05) is 0 Å². The molecule has 2 aromatic heterocycles. The first kappa shape index (κ1) is 28.2. The summed E-state index contributed by atoms with van der Waals surface area (Å²) in [5, 5.41) is 10.1. The zero-order chi connectivity index (χ0) is 28.5. The Morgan fingerprint density at radius 2 is 1.70 bits per heavy atom. The second-order valence-electron chi connectivity index (χ2n) is 10.3. The highest BCUT2D eigenvalue weighted by Gasteiger charge is 2.43. The van der Waals surface area contributed by atoms with Crippen molar-refractivity contribution in [2.45, 2.75) is 63.1 Å². The molecule has 216 valence electrons. The summed E-state index contributed by atoms with van der Waals surface area (Å²) in [7, 11) is 1.81. The first-order valence-electron chi connectivity index (χ1n) is 13.4. The first-order valence-corrected chi connectivity index (χ1v) is 13.4. The van der Waals surface area contributed by atoms with Gasteiger partial charge in [-0.2, -0.15) is 26.3 Å². The van der Waals surface area contributed by atoms with Gasteiger partial charge >= 0.3 is 12.4 Å². The predicted molar refractivity (Wildman–Crippen MR) is 140 cm³/mol. The zero-order valence-corrected chi connectivity index (χ0v) is 22.0. The summed E-state index contributed by atoms with van der Waals surface area (Å²) in [6.07, 6.45) is -0.782. The van der Waals surface area contributed by atoms with Crippen LogP contribution in [0.25, 0.3) is 0 Å². The summed E-state index contributed by atoms with van der Waals surface area (Å²) >= 11 is 0. The van der Waals surface area contributed by atoms with Crippen molar-refractivity contribution in [3.05, 3.63) is 59.2 Å². The molecule has 1 saturated carbocycles. The summed E-state index contributed by atoms with van der Waals surface area (Å²) in [6.45, 7) is 0.550. The van der Waals surface area contributed by atoms with E-state index < -0.39 is 29.4 Å². The lowest BCUT2D eigenvalue weighted by Gasteiger charge is -2.44. The third kappa shape index (κ3) is 5.74. The summed E-state index contributed by atoms with van der Waals surface area (Å²) in [5.41, 5.74) is 0.146. The van der Waals surface area contributed by atoms with Gasteiger partial charge in [-0.05, 0) is 50.6 Å². The molecule has 0 aromatic carbocycles. The van der Waals surface area contributed by atoms with Crippen molar-refractivity contribution >= 4 is 17.3 Å². The molecule has 2 aromatic rings. The van der Waals surface area contributed by atoms with Gasteiger partial charge in [-0.25, -0.2) is 15.0 Å². The smallest absolute Gasteiger partial charge is 0.355 e. The average molecular weight is 568 g/mol. The normalized spacial score (nSPS) is 22.8. The third-order valence-electron chi connectivity index (χ3n) is 7.83. The van der Waals surface area contributed by atoms with E-state index in [4.69, 9.17) is 4.99 Å². The maximum atomic E-state index is 13.8. The highest BCUT2D eigenvalue weighted by atomic mass is 19.4. The van der Waals surface area contributed by atoms with E-state index in [0.717, 1.165) is 61.7 Å². The number of hydrogen-bond donors (Lipinski definition) is 3. The van der Waals surface area contributed by atoms with Gasteiger partial charge < -0.3 is 15.5 Å². The fraction of sp³-hybridized carbons (Fsp3) is 0.519. The number of halogens is 6. The number of nitrogens with zero attached hydrogens (tertiary/aromatic N) is 4. The Labute approximate surface area is 228 Å². The number of aromatic nitrogens is 2. The zero-order valence-electron chi connectivity index (χ0n) is 22.0. The molecule has 5 rings (SSSR count). The van der Waals surface area contributed by atoms with Crippen molar-refractivity contribution < 1.29 is 26.3 Å². The fourth-order valence-electron chi connectivity index (χ4n) is 5.80. The number of alkyl halides is 6. The van der Waals surface area contributed by atoms with Crippen LogP contribution in [-0.4, -0.2) is 41.7 Å². The number of aliphatic imine (C=N–C) groups is 1. The van der Waals surface area contributed by atoms with Crippen molar-refractivity contribution in [3.63, 3.8) is 0 Å². The van der Waals surface area contributed by atoms with Gasteiger partial charge in [0, 0.05) is 42.9 Å². The molecule has 0 spiro atoms. The van der Waals surface area contributed by atoms with Crippen molar-refractivity contribution in [2.24, 2.45) is 10.9 Å². The lowest BCUT2D eigenvalue weighted by molar-refractivity contribution is -0.141. The molecular weight excluding hydrogens is 536 g/mol. The summed E-state index contributed by atoms with van der Waals surface area (Å²) in [6, 6.07) is 4.50. The molecule has 7 nitrogen and oxygen atoms in total. The van der Waals surface area contributed by atoms with E-state index in [1.165, 1.54) is 18.3 Å². The number of amidine groups is 1. The van der Waals surface area contributed by atoms with Crippen LogP contribution >= 0.6 is 0 Å². The Morgan fingerprint density at radius 3 is 2.35 bits per heavy atom. The minimum atomic E-state index is -4.56. The molecule has 4 heterocycles. The Bertz CT molecular complexity index is 1270. The molecule has 0 bridgehead atoms. The molecule has 40 heavy (non-hydrogen) atoms. The van der Waals surface area contributed by atoms with Crippen LogP contribution in [0.5, 0.6) is 0 Å². The molecule has 1 atom stereocenters. The second-order valence-corrected chi connectivity index (χ2v) is 10.3. The molecule has 2 aliphatic heterocycles. The number of hydrogen-bond acceptors (Lipinski definition) is 7. The Kier molecular flexibility index (Phi) is 7.68. The highest BCUT2D eigenvalue weighted by molar-refractivity contribution is 6.09. The van der Waals surface area contributed by atoms with Crippen LogP contribution in [0.1, 0.15) is 56.2 Å². The molecule has 0 radical (unpaired) electrons. The van der Waals surface area contributed by atoms with Gasteiger partial charge in [-0.1, -0.05) is 19.3 Å². The van der Waals surface area contributed by atoms with Gasteiger partial charge in [0.2, 0.25) is 0 Å². The summed E-state index contributed by atoms with van der Waals surface area (Å²) < 4.78 is 80.5. The molecule has 1 aliphatic carbocycles. The minimum absolute atomic E-state index is 0.125. The number of anilines is 2. The lowest BCUT2D eigenvalue weighted by atomic mass is 9.82. The van der Waals surface area contributed by atoms with Gasteiger partial charge in [0.05, 0.1) is 17.4 Å². The van der Waals surface area contributed by atoms with Crippen LogP contribution in [0, 0.1) is 5.92 Å². The molecule has 1 unspecified atom stereocenters. The van der Waals surface area contributed by atoms with E-state index in [9.17, 15) is 26.3 Å². The molecule has 3 N–H and O–H groups in total. The fourth-order valence-corrected chi connectivity index (χ4v) is 5.80. The second kappa shape index (κ2) is 10.9. The predicted octanol–water partition coefficient (Wildman–Crippen LogP) is 5.94. The average Bonchev–Trinajstić information content (AvgIpc) is 3.15. The van der Waals surface area contributed by atoms with Gasteiger partial charge in [0.1, 0.15) is 17.3 Å². The molecule has 13 heteroatoms. The number of pyridine rings is 2. The summed E-state index contributed by atoms with van der Waals surface area (Å²) in [5.74, 6) is -0.373.